The Hall–Kier alpha value is -0.123. The van der Waals surface area contributed by atoms with Gasteiger partial charge in [0.05, 0.1) is 20.3 Å². The van der Waals surface area contributed by atoms with Gasteiger partial charge in [0.15, 0.2) is 0 Å². The first-order valence-corrected chi connectivity index (χ1v) is 11.5. The third kappa shape index (κ3) is 14.1. The number of rotatable bonds is 11. The van der Waals surface area contributed by atoms with Gasteiger partial charge in [0.25, 0.3) is 0 Å². The molecule has 1 unspecified atom stereocenters. The summed E-state index contributed by atoms with van der Waals surface area (Å²) in [5, 5.41) is 19.6. The lowest BCUT2D eigenvalue weighted by Gasteiger charge is -2.13. The fourth-order valence-corrected chi connectivity index (χ4v) is 2.90. The van der Waals surface area contributed by atoms with Gasteiger partial charge in [0, 0.05) is 0 Å². The summed E-state index contributed by atoms with van der Waals surface area (Å²) < 4.78 is 0. The standard InChI is InChI=1S/C16H34O2Si/c1-5-6-7-10-15(17)11-8-12-16(18)13-9-14-19(2,3)4/h9,14-18H,5-8,10-13H2,1-4H3/t15?,16-/m0/s1. The molecule has 2 N–H and O–H groups in total. The number of aliphatic hydroxyl groups is 2. The van der Waals surface area contributed by atoms with Crippen molar-refractivity contribution in [3.8, 4) is 0 Å². The summed E-state index contributed by atoms with van der Waals surface area (Å²) in [6, 6.07) is 0. The van der Waals surface area contributed by atoms with Crippen molar-refractivity contribution in [1.82, 2.24) is 0 Å². The molecule has 2 nitrogen and oxygen atoms in total. The molecule has 0 fully saturated rings. The van der Waals surface area contributed by atoms with Gasteiger partial charge in [-0.3, -0.25) is 0 Å². The summed E-state index contributed by atoms with van der Waals surface area (Å²) in [4.78, 5) is 0. The average Bonchev–Trinajstić information content (AvgIpc) is 2.27. The molecule has 2 atom stereocenters. The highest BCUT2D eigenvalue weighted by Gasteiger charge is 2.09. The zero-order valence-corrected chi connectivity index (χ0v) is 14.4. The van der Waals surface area contributed by atoms with E-state index in [4.69, 9.17) is 0 Å². The second-order valence-corrected chi connectivity index (χ2v) is 11.8. The fourth-order valence-electron chi connectivity index (χ4n) is 2.06. The van der Waals surface area contributed by atoms with Crippen LogP contribution < -0.4 is 0 Å². The summed E-state index contributed by atoms with van der Waals surface area (Å²) in [5.41, 5.74) is 2.29. The van der Waals surface area contributed by atoms with Crippen LogP contribution in [0.25, 0.3) is 0 Å². The first-order chi connectivity index (χ1) is 8.85. The van der Waals surface area contributed by atoms with Crippen molar-refractivity contribution in [3.63, 3.8) is 0 Å². The van der Waals surface area contributed by atoms with Crippen molar-refractivity contribution < 1.29 is 10.2 Å². The summed E-state index contributed by atoms with van der Waals surface area (Å²) >= 11 is 0. The SMILES string of the molecule is CCCCCC(O)CCC[C@H](O)CC=C[Si](C)(C)C. The van der Waals surface area contributed by atoms with Crippen LogP contribution in [-0.2, 0) is 0 Å². The first-order valence-electron chi connectivity index (χ1n) is 7.89. The number of hydrogen-bond acceptors (Lipinski definition) is 2. The van der Waals surface area contributed by atoms with Crippen molar-refractivity contribution in [1.29, 1.82) is 0 Å². The quantitative estimate of drug-likeness (QED) is 0.439. The molecule has 0 aliphatic heterocycles. The van der Waals surface area contributed by atoms with E-state index in [1.807, 2.05) is 0 Å². The van der Waals surface area contributed by atoms with E-state index in [9.17, 15) is 10.2 Å². The predicted molar refractivity (Wildman–Crippen MR) is 87.1 cm³/mol. The minimum absolute atomic E-state index is 0.170. The van der Waals surface area contributed by atoms with Gasteiger partial charge in [-0.25, -0.2) is 0 Å². The van der Waals surface area contributed by atoms with Crippen LogP contribution in [0.4, 0.5) is 0 Å². The Morgan fingerprint density at radius 2 is 1.47 bits per heavy atom. The van der Waals surface area contributed by atoms with Crippen LogP contribution in [0.3, 0.4) is 0 Å². The topological polar surface area (TPSA) is 40.5 Å². The van der Waals surface area contributed by atoms with Crippen molar-refractivity contribution in [3.05, 3.63) is 11.8 Å². The summed E-state index contributed by atoms with van der Waals surface area (Å²) in [5.74, 6) is 0. The zero-order valence-electron chi connectivity index (χ0n) is 13.4. The van der Waals surface area contributed by atoms with E-state index in [-0.39, 0.29) is 12.2 Å². The van der Waals surface area contributed by atoms with Crippen LogP contribution in [0.5, 0.6) is 0 Å². The third-order valence-electron chi connectivity index (χ3n) is 3.24. The second-order valence-electron chi connectivity index (χ2n) is 6.74. The summed E-state index contributed by atoms with van der Waals surface area (Å²) in [6.07, 6.45) is 9.50. The molecular weight excluding hydrogens is 252 g/mol. The van der Waals surface area contributed by atoms with E-state index in [2.05, 4.69) is 38.3 Å². The summed E-state index contributed by atoms with van der Waals surface area (Å²) in [6.45, 7) is 9.06. The second kappa shape index (κ2) is 10.6. The minimum atomic E-state index is -1.12. The van der Waals surface area contributed by atoms with E-state index in [1.165, 1.54) is 12.8 Å². The lowest BCUT2D eigenvalue weighted by Crippen LogP contribution is -2.16. The Bertz CT molecular complexity index is 233. The van der Waals surface area contributed by atoms with Crippen molar-refractivity contribution in [2.24, 2.45) is 0 Å². The Morgan fingerprint density at radius 1 is 0.895 bits per heavy atom. The van der Waals surface area contributed by atoms with Gasteiger partial charge in [-0.1, -0.05) is 57.6 Å². The van der Waals surface area contributed by atoms with Gasteiger partial charge in [-0.2, -0.15) is 0 Å². The molecule has 0 saturated heterocycles. The molecule has 0 saturated carbocycles. The van der Waals surface area contributed by atoms with E-state index in [1.54, 1.807) is 0 Å². The first kappa shape index (κ1) is 18.9. The monoisotopic (exact) mass is 286 g/mol. The van der Waals surface area contributed by atoms with E-state index in [0.717, 1.165) is 38.5 Å². The molecule has 0 aromatic rings. The van der Waals surface area contributed by atoms with Gasteiger partial charge in [0.2, 0.25) is 0 Å². The van der Waals surface area contributed by atoms with E-state index >= 15 is 0 Å². The van der Waals surface area contributed by atoms with Crippen LogP contribution >= 0.6 is 0 Å². The highest BCUT2D eigenvalue weighted by Crippen LogP contribution is 2.12. The van der Waals surface area contributed by atoms with Crippen molar-refractivity contribution in [2.75, 3.05) is 0 Å². The summed E-state index contributed by atoms with van der Waals surface area (Å²) in [7, 11) is -1.12. The molecule has 0 rings (SSSR count). The Morgan fingerprint density at radius 3 is 2.05 bits per heavy atom. The van der Waals surface area contributed by atoms with Gasteiger partial charge in [-0.05, 0) is 32.1 Å². The molecule has 3 heteroatoms. The lowest BCUT2D eigenvalue weighted by molar-refractivity contribution is 0.128. The normalized spacial score (nSPS) is 15.9. The van der Waals surface area contributed by atoms with Crippen molar-refractivity contribution in [2.45, 2.75) is 90.1 Å². The smallest absolute Gasteiger partial charge is 0.0682 e. The molecule has 0 aromatic heterocycles. The maximum atomic E-state index is 9.86. The largest absolute Gasteiger partial charge is 0.393 e. The predicted octanol–water partition coefficient (Wildman–Crippen LogP) is 4.28. The molecule has 114 valence electrons. The molecule has 0 aliphatic carbocycles. The van der Waals surface area contributed by atoms with Crippen LogP contribution in [0.15, 0.2) is 11.8 Å². The maximum absolute atomic E-state index is 9.86. The van der Waals surface area contributed by atoms with Gasteiger partial charge >= 0.3 is 0 Å². The van der Waals surface area contributed by atoms with Crippen LogP contribution in [0, 0.1) is 0 Å². The van der Waals surface area contributed by atoms with E-state index < -0.39 is 8.07 Å². The Kier molecular flexibility index (Phi) is 10.6. The van der Waals surface area contributed by atoms with E-state index in [0.29, 0.717) is 0 Å². The molecule has 19 heavy (non-hydrogen) atoms. The molecular formula is C16H34O2Si. The number of unbranched alkanes of at least 4 members (excludes halogenated alkanes) is 2. The number of aliphatic hydroxyl groups excluding tert-OH is 2. The molecule has 0 spiro atoms. The van der Waals surface area contributed by atoms with Gasteiger partial charge in [0.1, 0.15) is 0 Å². The van der Waals surface area contributed by atoms with Gasteiger partial charge < -0.3 is 10.2 Å². The van der Waals surface area contributed by atoms with Crippen LogP contribution in [0.1, 0.15) is 58.3 Å². The molecule has 0 aliphatic rings. The third-order valence-corrected chi connectivity index (χ3v) is 4.48. The maximum Gasteiger partial charge on any atom is 0.0682 e. The average molecular weight is 287 g/mol. The lowest BCUT2D eigenvalue weighted by atomic mass is 10.0. The van der Waals surface area contributed by atoms with Crippen LogP contribution in [-0.4, -0.2) is 30.5 Å². The highest BCUT2D eigenvalue weighted by molar-refractivity contribution is 6.80. The number of hydrogen-bond donors (Lipinski definition) is 2. The molecule has 0 bridgehead atoms. The van der Waals surface area contributed by atoms with Crippen LogP contribution in [0.2, 0.25) is 19.6 Å². The zero-order chi connectivity index (χ0) is 14.7. The van der Waals surface area contributed by atoms with Crippen molar-refractivity contribution >= 4 is 8.07 Å². The molecule has 0 aromatic carbocycles. The fraction of sp³-hybridized carbons (Fsp3) is 0.875. The minimum Gasteiger partial charge on any atom is -0.393 e. The molecule has 0 heterocycles. The molecule has 0 radical (unpaired) electrons. The Balaban J connectivity index is 3.57. The highest BCUT2D eigenvalue weighted by atomic mass is 28.3. The Labute approximate surface area is 120 Å². The molecule has 0 amide bonds. The van der Waals surface area contributed by atoms with Gasteiger partial charge in [-0.15, -0.1) is 0 Å².